The van der Waals surface area contributed by atoms with Crippen molar-refractivity contribution in [3.05, 3.63) is 30.1 Å². The zero-order valence-electron chi connectivity index (χ0n) is 11.2. The summed E-state index contributed by atoms with van der Waals surface area (Å²) in [7, 11) is 0. The molecule has 1 atom stereocenters. The van der Waals surface area contributed by atoms with Crippen molar-refractivity contribution in [1.29, 1.82) is 0 Å². The van der Waals surface area contributed by atoms with E-state index in [9.17, 15) is 13.2 Å². The number of halogens is 3. The minimum absolute atomic E-state index is 0.00776. The van der Waals surface area contributed by atoms with E-state index >= 15 is 0 Å². The molecule has 0 amide bonds. The molecule has 0 aliphatic heterocycles. The van der Waals surface area contributed by atoms with Gasteiger partial charge in [-0.1, -0.05) is 6.07 Å². The van der Waals surface area contributed by atoms with E-state index in [1.807, 2.05) is 12.1 Å². The van der Waals surface area contributed by atoms with E-state index in [1.54, 1.807) is 12.4 Å². The van der Waals surface area contributed by atoms with Gasteiger partial charge in [0, 0.05) is 18.4 Å². The number of hydrogen-bond donors (Lipinski definition) is 2. The predicted octanol–water partition coefficient (Wildman–Crippen LogP) is 2.82. The van der Waals surface area contributed by atoms with Crippen LogP contribution >= 0.6 is 0 Å². The van der Waals surface area contributed by atoms with Crippen molar-refractivity contribution in [3.63, 3.8) is 0 Å². The zero-order valence-corrected chi connectivity index (χ0v) is 11.2. The lowest BCUT2D eigenvalue weighted by atomic mass is 9.77. The monoisotopic (exact) mass is 287 g/mol. The molecule has 6 heteroatoms. The fraction of sp³-hybridized carbons (Fsp3) is 0.643. The molecular weight excluding hydrogens is 267 g/mol. The molecule has 0 bridgehead atoms. The molecule has 2 rings (SSSR count). The SMILES string of the molecule is NNC(Cc1cccnc1)C1CCC(C(F)(F)F)CC1. The van der Waals surface area contributed by atoms with E-state index in [1.165, 1.54) is 0 Å². The van der Waals surface area contributed by atoms with Crippen LogP contribution in [0.2, 0.25) is 0 Å². The third-order valence-corrected chi connectivity index (χ3v) is 4.20. The van der Waals surface area contributed by atoms with E-state index < -0.39 is 12.1 Å². The van der Waals surface area contributed by atoms with Gasteiger partial charge in [-0.3, -0.25) is 16.3 Å². The number of hydrogen-bond acceptors (Lipinski definition) is 3. The fourth-order valence-corrected chi connectivity index (χ4v) is 2.98. The van der Waals surface area contributed by atoms with Crippen LogP contribution in [0.15, 0.2) is 24.5 Å². The Morgan fingerprint density at radius 2 is 2.00 bits per heavy atom. The normalized spacial score (nSPS) is 25.4. The standard InChI is InChI=1S/C14H20F3N3/c15-14(16,17)12-5-3-11(4-6-12)13(20-18)8-10-2-1-7-19-9-10/h1-2,7,9,11-13,20H,3-6,8,18H2. The minimum atomic E-state index is -4.06. The Balaban J connectivity index is 1.91. The van der Waals surface area contributed by atoms with E-state index in [0.29, 0.717) is 19.3 Å². The molecule has 3 N–H and O–H groups in total. The van der Waals surface area contributed by atoms with Gasteiger partial charge in [0.2, 0.25) is 0 Å². The summed E-state index contributed by atoms with van der Waals surface area (Å²) in [6, 6.07) is 3.82. The van der Waals surface area contributed by atoms with Crippen molar-refractivity contribution < 1.29 is 13.2 Å². The molecule has 3 nitrogen and oxygen atoms in total. The van der Waals surface area contributed by atoms with Crippen LogP contribution in [0.4, 0.5) is 13.2 Å². The van der Waals surface area contributed by atoms with Gasteiger partial charge in [0.1, 0.15) is 0 Å². The first-order valence-corrected chi connectivity index (χ1v) is 6.92. The average Bonchev–Trinajstić information content (AvgIpc) is 2.45. The van der Waals surface area contributed by atoms with Gasteiger partial charge in [-0.05, 0) is 49.7 Å². The number of aromatic nitrogens is 1. The molecule has 0 saturated heterocycles. The number of rotatable bonds is 4. The first-order valence-electron chi connectivity index (χ1n) is 6.92. The summed E-state index contributed by atoms with van der Waals surface area (Å²) in [6.07, 6.45) is 1.66. The van der Waals surface area contributed by atoms with Crippen LogP contribution in [0.1, 0.15) is 31.2 Å². The molecule has 1 saturated carbocycles. The molecule has 1 fully saturated rings. The van der Waals surface area contributed by atoms with Gasteiger partial charge in [0.25, 0.3) is 0 Å². The summed E-state index contributed by atoms with van der Waals surface area (Å²) < 4.78 is 37.9. The second-order valence-electron chi connectivity index (χ2n) is 5.49. The van der Waals surface area contributed by atoms with Crippen molar-refractivity contribution in [2.45, 2.75) is 44.3 Å². The summed E-state index contributed by atoms with van der Waals surface area (Å²) in [6.45, 7) is 0. The highest BCUT2D eigenvalue weighted by Crippen LogP contribution is 2.40. The zero-order chi connectivity index (χ0) is 14.6. The van der Waals surface area contributed by atoms with Crippen LogP contribution in [-0.2, 0) is 6.42 Å². The lowest BCUT2D eigenvalue weighted by molar-refractivity contribution is -0.184. The van der Waals surface area contributed by atoms with E-state index in [4.69, 9.17) is 5.84 Å². The number of hydrazine groups is 1. The van der Waals surface area contributed by atoms with Crippen LogP contribution in [-0.4, -0.2) is 17.2 Å². The Morgan fingerprint density at radius 3 is 2.50 bits per heavy atom. The van der Waals surface area contributed by atoms with Gasteiger partial charge in [-0.2, -0.15) is 13.2 Å². The quantitative estimate of drug-likeness (QED) is 0.661. The van der Waals surface area contributed by atoms with Crippen LogP contribution in [0.25, 0.3) is 0 Å². The van der Waals surface area contributed by atoms with Crippen LogP contribution in [0, 0.1) is 11.8 Å². The summed E-state index contributed by atoms with van der Waals surface area (Å²) in [5, 5.41) is 0. The van der Waals surface area contributed by atoms with Gasteiger partial charge in [-0.25, -0.2) is 0 Å². The first kappa shape index (κ1) is 15.3. The molecule has 1 heterocycles. The van der Waals surface area contributed by atoms with E-state index in [2.05, 4.69) is 10.4 Å². The van der Waals surface area contributed by atoms with E-state index in [0.717, 1.165) is 5.56 Å². The van der Waals surface area contributed by atoms with Gasteiger partial charge >= 0.3 is 6.18 Å². The maximum atomic E-state index is 12.6. The molecule has 0 radical (unpaired) electrons. The molecule has 1 aliphatic rings. The van der Waals surface area contributed by atoms with Crippen molar-refractivity contribution in [3.8, 4) is 0 Å². The number of nitrogens with one attached hydrogen (secondary N) is 1. The number of nitrogens with two attached hydrogens (primary N) is 1. The fourth-order valence-electron chi connectivity index (χ4n) is 2.98. The molecule has 1 aromatic heterocycles. The molecular formula is C14H20F3N3. The van der Waals surface area contributed by atoms with Gasteiger partial charge < -0.3 is 0 Å². The maximum absolute atomic E-state index is 12.6. The predicted molar refractivity (Wildman–Crippen MR) is 70.6 cm³/mol. The lowest BCUT2D eigenvalue weighted by Crippen LogP contribution is -2.44. The van der Waals surface area contributed by atoms with Gasteiger partial charge in [0.05, 0.1) is 5.92 Å². The number of pyridine rings is 1. The average molecular weight is 287 g/mol. The summed E-state index contributed by atoms with van der Waals surface area (Å²) in [5.41, 5.74) is 3.81. The third-order valence-electron chi connectivity index (χ3n) is 4.20. The first-order chi connectivity index (χ1) is 9.50. The van der Waals surface area contributed by atoms with Crippen molar-refractivity contribution in [2.24, 2.45) is 17.7 Å². The van der Waals surface area contributed by atoms with Gasteiger partial charge in [0.15, 0.2) is 0 Å². The van der Waals surface area contributed by atoms with Gasteiger partial charge in [-0.15, -0.1) is 0 Å². The van der Waals surface area contributed by atoms with Crippen molar-refractivity contribution >= 4 is 0 Å². The Labute approximate surface area is 116 Å². The third kappa shape index (κ3) is 3.93. The lowest BCUT2D eigenvalue weighted by Gasteiger charge is -2.34. The van der Waals surface area contributed by atoms with Crippen LogP contribution < -0.4 is 11.3 Å². The Bertz CT molecular complexity index is 400. The van der Waals surface area contributed by atoms with Crippen molar-refractivity contribution in [2.75, 3.05) is 0 Å². The van der Waals surface area contributed by atoms with E-state index in [-0.39, 0.29) is 24.8 Å². The van der Waals surface area contributed by atoms with Crippen molar-refractivity contribution in [1.82, 2.24) is 10.4 Å². The largest absolute Gasteiger partial charge is 0.391 e. The molecule has 1 aromatic rings. The maximum Gasteiger partial charge on any atom is 0.391 e. The number of alkyl halides is 3. The summed E-state index contributed by atoms with van der Waals surface area (Å²) in [4.78, 5) is 4.04. The molecule has 1 unspecified atom stereocenters. The Kier molecular flexibility index (Phi) is 4.99. The number of nitrogens with zero attached hydrogens (tertiary/aromatic N) is 1. The molecule has 0 aromatic carbocycles. The topological polar surface area (TPSA) is 50.9 Å². The molecule has 0 spiro atoms. The Hall–Kier alpha value is -1.14. The van der Waals surface area contributed by atoms with Crippen LogP contribution in [0.3, 0.4) is 0 Å². The highest BCUT2D eigenvalue weighted by atomic mass is 19.4. The Morgan fingerprint density at radius 1 is 1.30 bits per heavy atom. The summed E-state index contributed by atoms with van der Waals surface area (Å²) >= 11 is 0. The highest BCUT2D eigenvalue weighted by Gasteiger charge is 2.42. The van der Waals surface area contributed by atoms with Crippen LogP contribution in [0.5, 0.6) is 0 Å². The second-order valence-corrected chi connectivity index (χ2v) is 5.49. The highest BCUT2D eigenvalue weighted by molar-refractivity contribution is 5.10. The smallest absolute Gasteiger partial charge is 0.271 e. The summed E-state index contributed by atoms with van der Waals surface area (Å²) in [5.74, 6) is 4.63. The molecule has 112 valence electrons. The minimum Gasteiger partial charge on any atom is -0.271 e. The second kappa shape index (κ2) is 6.54. The molecule has 20 heavy (non-hydrogen) atoms. The molecule has 1 aliphatic carbocycles.